The fourth-order valence-corrected chi connectivity index (χ4v) is 7.60. The molecule has 0 saturated carbocycles. The van der Waals surface area contributed by atoms with Crippen molar-refractivity contribution < 1.29 is 23.9 Å². The minimum atomic E-state index is -1.38. The smallest absolute Gasteiger partial charge is 0.238 e. The van der Waals surface area contributed by atoms with Crippen LogP contribution in [0.2, 0.25) is 0 Å². The summed E-state index contributed by atoms with van der Waals surface area (Å²) in [6, 6.07) is 22.4. The summed E-state index contributed by atoms with van der Waals surface area (Å²) in [7, 11) is 3.04. The predicted octanol–water partition coefficient (Wildman–Crippen LogP) is 5.75. The van der Waals surface area contributed by atoms with Gasteiger partial charge >= 0.3 is 0 Å². The molecule has 0 aliphatic carbocycles. The van der Waals surface area contributed by atoms with Crippen LogP contribution >= 0.6 is 11.3 Å². The molecule has 3 aliphatic rings. The number of amides is 1. The average Bonchev–Trinajstić information content (AvgIpc) is 3.73. The molecule has 8 heteroatoms. The number of fused-ring (bicyclic) bond motifs is 6. The normalized spacial score (nSPS) is 23.5. The van der Waals surface area contributed by atoms with Crippen molar-refractivity contribution >= 4 is 40.6 Å². The van der Waals surface area contributed by atoms with Gasteiger partial charge in [0, 0.05) is 17.5 Å². The zero-order valence-electron chi connectivity index (χ0n) is 22.4. The number of thiophene rings is 1. The van der Waals surface area contributed by atoms with Gasteiger partial charge in [-0.25, -0.2) is 0 Å². The number of nitrogens with zero attached hydrogens (tertiary/aromatic N) is 1. The Bertz CT molecular complexity index is 1750. The Morgan fingerprint density at radius 3 is 2.46 bits per heavy atom. The molecule has 0 radical (unpaired) electrons. The molecular formula is C33H26N2O5S. The maximum atomic E-state index is 14.9. The Morgan fingerprint density at radius 1 is 0.902 bits per heavy atom. The van der Waals surface area contributed by atoms with Gasteiger partial charge in [0.2, 0.25) is 5.91 Å². The number of benzene rings is 3. The zero-order chi connectivity index (χ0) is 28.3. The Hall–Kier alpha value is -4.69. The fraction of sp³-hybridized carbons (Fsp3) is 0.182. The number of ketones is 2. The summed E-state index contributed by atoms with van der Waals surface area (Å²) in [4.78, 5) is 46.3. The van der Waals surface area contributed by atoms with Crippen LogP contribution in [0, 0.1) is 5.92 Å². The lowest BCUT2D eigenvalue weighted by Crippen LogP contribution is -2.49. The van der Waals surface area contributed by atoms with E-state index in [2.05, 4.69) is 5.32 Å². The SMILES string of the molecule is COc1ccc(C(=O)[C@H]2[C@H](C(=O)c3cccs3)N3C=Cc4ccccc4[C@@H]3[C@]23C(=O)Nc2ccccc23)cc1OC. The molecule has 1 fully saturated rings. The third-order valence-corrected chi connectivity index (χ3v) is 9.44. The lowest BCUT2D eigenvalue weighted by Gasteiger charge is -2.38. The van der Waals surface area contributed by atoms with E-state index in [1.807, 2.05) is 77.2 Å². The largest absolute Gasteiger partial charge is 0.493 e. The first-order chi connectivity index (χ1) is 20.0. The van der Waals surface area contributed by atoms with Crippen molar-refractivity contribution in [1.82, 2.24) is 4.90 Å². The Morgan fingerprint density at radius 2 is 1.68 bits per heavy atom. The van der Waals surface area contributed by atoms with Crippen molar-refractivity contribution in [3.05, 3.63) is 118 Å². The van der Waals surface area contributed by atoms with Crippen LogP contribution in [0.3, 0.4) is 0 Å². The number of ether oxygens (including phenoxy) is 2. The van der Waals surface area contributed by atoms with E-state index < -0.39 is 23.4 Å². The van der Waals surface area contributed by atoms with Crippen LogP contribution in [0.4, 0.5) is 5.69 Å². The molecule has 3 aromatic carbocycles. The van der Waals surface area contributed by atoms with Gasteiger partial charge < -0.3 is 19.7 Å². The molecule has 7 nitrogen and oxygen atoms in total. The number of anilines is 1. The second-order valence-electron chi connectivity index (χ2n) is 10.4. The summed E-state index contributed by atoms with van der Waals surface area (Å²) >= 11 is 1.33. The van der Waals surface area contributed by atoms with Crippen molar-refractivity contribution in [2.45, 2.75) is 17.5 Å². The number of Topliss-reactive ketones (excluding diaryl/α,β-unsaturated/α-hetero) is 2. The van der Waals surface area contributed by atoms with Crippen molar-refractivity contribution in [3.8, 4) is 11.5 Å². The second-order valence-corrected chi connectivity index (χ2v) is 11.3. The third-order valence-electron chi connectivity index (χ3n) is 8.55. The molecule has 41 heavy (non-hydrogen) atoms. The number of para-hydroxylation sites is 1. The highest BCUT2D eigenvalue weighted by molar-refractivity contribution is 7.12. The number of hydrogen-bond acceptors (Lipinski definition) is 7. The van der Waals surface area contributed by atoms with E-state index in [1.165, 1.54) is 25.6 Å². The molecule has 4 heterocycles. The summed E-state index contributed by atoms with van der Waals surface area (Å²) in [5.74, 6) is -0.964. The summed E-state index contributed by atoms with van der Waals surface area (Å²) in [5, 5.41) is 4.92. The quantitative estimate of drug-likeness (QED) is 0.302. The molecule has 1 aromatic heterocycles. The van der Waals surface area contributed by atoms with Crippen LogP contribution in [-0.4, -0.2) is 42.6 Å². The predicted molar refractivity (Wildman–Crippen MR) is 157 cm³/mol. The van der Waals surface area contributed by atoms with Crippen LogP contribution < -0.4 is 14.8 Å². The number of methoxy groups -OCH3 is 2. The van der Waals surface area contributed by atoms with Gasteiger partial charge in [-0.1, -0.05) is 48.5 Å². The van der Waals surface area contributed by atoms with Gasteiger partial charge in [0.1, 0.15) is 11.5 Å². The van der Waals surface area contributed by atoms with Gasteiger partial charge in [-0.05, 0) is 58.5 Å². The van der Waals surface area contributed by atoms with E-state index in [4.69, 9.17) is 9.47 Å². The summed E-state index contributed by atoms with van der Waals surface area (Å²) < 4.78 is 10.9. The topological polar surface area (TPSA) is 84.9 Å². The molecule has 4 atom stereocenters. The van der Waals surface area contributed by atoms with Crippen molar-refractivity contribution in [1.29, 1.82) is 0 Å². The van der Waals surface area contributed by atoms with E-state index in [0.29, 0.717) is 33.2 Å². The third kappa shape index (κ3) is 3.47. The molecule has 1 N–H and O–H groups in total. The van der Waals surface area contributed by atoms with E-state index in [0.717, 1.165) is 11.1 Å². The molecule has 0 bridgehead atoms. The standard InChI is InChI=1S/C33H26N2O5S/c1-39-24-14-13-20(18-25(24)40-2)29(36)27-28(30(37)26-12-7-17-41-26)35-16-15-19-8-3-4-9-21(19)31(35)33(27)22-10-5-6-11-23(22)34-32(33)38/h3-18,27-28,31H,1-2H3,(H,34,38)/t27-,28-,31-,33-/m1/s1. The Kier molecular flexibility index (Phi) is 5.83. The zero-order valence-corrected chi connectivity index (χ0v) is 23.2. The van der Waals surface area contributed by atoms with Gasteiger partial charge in [-0.15, -0.1) is 11.3 Å². The minimum absolute atomic E-state index is 0.193. The van der Waals surface area contributed by atoms with Gasteiger partial charge in [-0.2, -0.15) is 0 Å². The highest BCUT2D eigenvalue weighted by Crippen LogP contribution is 2.62. The molecule has 1 saturated heterocycles. The molecule has 4 aromatic rings. The molecule has 1 amide bonds. The average molecular weight is 563 g/mol. The lowest BCUT2D eigenvalue weighted by atomic mass is 9.62. The summed E-state index contributed by atoms with van der Waals surface area (Å²) in [6.45, 7) is 0. The Labute approximate surface area is 241 Å². The van der Waals surface area contributed by atoms with Crippen molar-refractivity contribution in [2.24, 2.45) is 5.92 Å². The maximum Gasteiger partial charge on any atom is 0.238 e. The van der Waals surface area contributed by atoms with Gasteiger partial charge in [0.05, 0.1) is 31.1 Å². The first-order valence-electron chi connectivity index (χ1n) is 13.3. The van der Waals surface area contributed by atoms with E-state index >= 15 is 0 Å². The number of carbonyl (C=O) groups is 3. The highest BCUT2D eigenvalue weighted by atomic mass is 32.1. The molecule has 1 spiro atoms. The molecule has 0 unspecified atom stereocenters. The lowest BCUT2D eigenvalue weighted by molar-refractivity contribution is -0.122. The molecule has 3 aliphatic heterocycles. The minimum Gasteiger partial charge on any atom is -0.493 e. The van der Waals surface area contributed by atoms with Crippen molar-refractivity contribution in [3.63, 3.8) is 0 Å². The van der Waals surface area contributed by atoms with E-state index in [1.54, 1.807) is 24.3 Å². The van der Waals surface area contributed by atoms with Crippen LogP contribution in [0.25, 0.3) is 6.08 Å². The number of nitrogens with one attached hydrogen (secondary N) is 1. The molecular weight excluding hydrogens is 536 g/mol. The van der Waals surface area contributed by atoms with Crippen LogP contribution in [0.15, 0.2) is 90.4 Å². The Balaban J connectivity index is 1.53. The second kappa shape index (κ2) is 9.45. The number of carbonyl (C=O) groups excluding carboxylic acids is 3. The summed E-state index contributed by atoms with van der Waals surface area (Å²) in [5.41, 5.74) is 2.18. The first kappa shape index (κ1) is 25.3. The van der Waals surface area contributed by atoms with E-state index in [9.17, 15) is 14.4 Å². The van der Waals surface area contributed by atoms with Crippen molar-refractivity contribution in [2.75, 3.05) is 19.5 Å². The van der Waals surface area contributed by atoms with Gasteiger partial charge in [0.15, 0.2) is 23.1 Å². The van der Waals surface area contributed by atoms with Crippen LogP contribution in [-0.2, 0) is 10.2 Å². The highest BCUT2D eigenvalue weighted by Gasteiger charge is 2.70. The van der Waals surface area contributed by atoms with Gasteiger partial charge in [-0.3, -0.25) is 14.4 Å². The van der Waals surface area contributed by atoms with Crippen LogP contribution in [0.5, 0.6) is 11.5 Å². The summed E-state index contributed by atoms with van der Waals surface area (Å²) in [6.07, 6.45) is 3.83. The van der Waals surface area contributed by atoms with E-state index in [-0.39, 0.29) is 17.5 Å². The molecule has 204 valence electrons. The fourth-order valence-electron chi connectivity index (χ4n) is 6.90. The first-order valence-corrected chi connectivity index (χ1v) is 14.2. The monoisotopic (exact) mass is 562 g/mol. The molecule has 7 rings (SSSR count). The number of hydrogen-bond donors (Lipinski definition) is 1. The van der Waals surface area contributed by atoms with Crippen LogP contribution in [0.1, 0.15) is 42.8 Å². The maximum absolute atomic E-state index is 14.9. The van der Waals surface area contributed by atoms with Gasteiger partial charge in [0.25, 0.3) is 0 Å². The number of rotatable bonds is 6.